The summed E-state index contributed by atoms with van der Waals surface area (Å²) in [6.07, 6.45) is 4.75. The van der Waals surface area contributed by atoms with E-state index in [0.717, 1.165) is 11.6 Å². The van der Waals surface area contributed by atoms with E-state index in [4.69, 9.17) is 5.73 Å². The van der Waals surface area contributed by atoms with Crippen LogP contribution in [0.25, 0.3) is 0 Å². The molecule has 3 N–H and O–H groups in total. The van der Waals surface area contributed by atoms with Gasteiger partial charge in [-0.15, -0.1) is 0 Å². The van der Waals surface area contributed by atoms with Crippen LogP contribution in [0.1, 0.15) is 56.8 Å². The Labute approximate surface area is 118 Å². The van der Waals surface area contributed by atoms with Crippen molar-refractivity contribution in [3.05, 3.63) is 23.8 Å². The van der Waals surface area contributed by atoms with Gasteiger partial charge < -0.3 is 10.8 Å². The van der Waals surface area contributed by atoms with E-state index in [1.165, 1.54) is 19.3 Å². The minimum atomic E-state index is -0.869. The lowest BCUT2D eigenvalue weighted by Gasteiger charge is -2.24. The average molecular weight is 277 g/mol. The van der Waals surface area contributed by atoms with Crippen molar-refractivity contribution >= 4 is 26.4 Å². The maximum Gasteiger partial charge on any atom is 0.335 e. The molecule has 0 heterocycles. The number of carboxylic acids is 1. The van der Waals surface area contributed by atoms with E-state index >= 15 is 0 Å². The van der Waals surface area contributed by atoms with Gasteiger partial charge in [-0.2, -0.15) is 0 Å². The quantitative estimate of drug-likeness (QED) is 0.457. The van der Waals surface area contributed by atoms with Crippen LogP contribution in [0.5, 0.6) is 0 Å². The Morgan fingerprint density at radius 2 is 2.05 bits per heavy atom. The molecule has 0 aliphatic rings. The summed E-state index contributed by atoms with van der Waals surface area (Å²) in [7, 11) is 0.470. The summed E-state index contributed by atoms with van der Waals surface area (Å²) in [5, 5.41) is 10.2. The molecule has 1 aromatic carbocycles. The fraction of sp³-hybridized carbons (Fsp3) is 0.533. The summed E-state index contributed by atoms with van der Waals surface area (Å²) in [5.74, 6) is -0.869. The molecule has 0 amide bonds. The van der Waals surface area contributed by atoms with Crippen LogP contribution in [0, 0.1) is 0 Å². The first kappa shape index (κ1) is 15.8. The standard InChI is InChI=1S/C15H23NO2Si/c1-4-5-6-9-15(2,3)19-13-10-11(16)7-8-12(13)14(17)18/h7-8,10H,4-6,9,16H2,1-3H3,(H,17,18). The minimum absolute atomic E-state index is 0.132. The fourth-order valence-corrected chi connectivity index (χ4v) is 3.69. The first-order valence-corrected chi connectivity index (χ1v) is 7.77. The third-order valence-electron chi connectivity index (χ3n) is 3.15. The van der Waals surface area contributed by atoms with Crippen molar-refractivity contribution in [1.29, 1.82) is 0 Å². The van der Waals surface area contributed by atoms with Gasteiger partial charge in [0.2, 0.25) is 0 Å². The van der Waals surface area contributed by atoms with Crippen LogP contribution in [-0.2, 0) is 0 Å². The molecule has 104 valence electrons. The first-order valence-electron chi connectivity index (χ1n) is 6.77. The summed E-state index contributed by atoms with van der Waals surface area (Å²) in [6, 6.07) is 5.08. The predicted octanol–water partition coefficient (Wildman–Crippen LogP) is 3.08. The molecule has 1 aromatic rings. The Hall–Kier alpha value is -1.29. The number of rotatable bonds is 7. The molecule has 0 unspecified atom stereocenters. The summed E-state index contributed by atoms with van der Waals surface area (Å²) < 4.78 is 0. The minimum Gasteiger partial charge on any atom is -0.478 e. The molecule has 3 nitrogen and oxygen atoms in total. The molecule has 0 spiro atoms. The molecule has 0 saturated carbocycles. The fourth-order valence-electron chi connectivity index (χ4n) is 2.10. The summed E-state index contributed by atoms with van der Waals surface area (Å²) in [5.41, 5.74) is 6.80. The lowest BCUT2D eigenvalue weighted by atomic mass is 10.0. The molecule has 0 saturated heterocycles. The zero-order valence-electron chi connectivity index (χ0n) is 12.0. The van der Waals surface area contributed by atoms with Crippen molar-refractivity contribution in [2.45, 2.75) is 51.5 Å². The van der Waals surface area contributed by atoms with Gasteiger partial charge in [0.1, 0.15) is 0 Å². The van der Waals surface area contributed by atoms with Crippen LogP contribution in [0.4, 0.5) is 5.69 Å². The van der Waals surface area contributed by atoms with Gasteiger partial charge in [0.25, 0.3) is 0 Å². The number of carbonyl (C=O) groups is 1. The molecular formula is C15H23NO2Si. The van der Waals surface area contributed by atoms with Crippen molar-refractivity contribution < 1.29 is 9.90 Å². The van der Waals surface area contributed by atoms with Gasteiger partial charge in [-0.1, -0.05) is 46.5 Å². The third-order valence-corrected chi connectivity index (χ3v) is 4.76. The van der Waals surface area contributed by atoms with E-state index in [2.05, 4.69) is 20.8 Å². The Morgan fingerprint density at radius 3 is 2.63 bits per heavy atom. The van der Waals surface area contributed by atoms with Gasteiger partial charge in [-0.25, -0.2) is 4.79 Å². The number of benzene rings is 1. The zero-order chi connectivity index (χ0) is 14.5. The Balaban J connectivity index is 2.85. The average Bonchev–Trinajstić information content (AvgIpc) is 2.28. The molecule has 19 heavy (non-hydrogen) atoms. The SMILES string of the molecule is CCCCCC(C)(C)[Si]c1cc(N)ccc1C(=O)O. The molecule has 4 heteroatoms. The predicted molar refractivity (Wildman–Crippen MR) is 81.4 cm³/mol. The second-order valence-corrected chi connectivity index (χ2v) is 7.72. The highest BCUT2D eigenvalue weighted by atomic mass is 28.2. The summed E-state index contributed by atoms with van der Waals surface area (Å²) in [6.45, 7) is 6.60. The van der Waals surface area contributed by atoms with Gasteiger partial charge in [-0.05, 0) is 28.4 Å². The van der Waals surface area contributed by atoms with Crippen molar-refractivity contribution in [3.8, 4) is 0 Å². The van der Waals surface area contributed by atoms with E-state index in [1.807, 2.05) is 6.07 Å². The molecule has 0 fully saturated rings. The van der Waals surface area contributed by atoms with Gasteiger partial charge >= 0.3 is 5.97 Å². The summed E-state index contributed by atoms with van der Waals surface area (Å²) in [4.78, 5) is 11.2. The van der Waals surface area contributed by atoms with E-state index in [9.17, 15) is 9.90 Å². The van der Waals surface area contributed by atoms with Crippen molar-refractivity contribution in [1.82, 2.24) is 0 Å². The Kier molecular flexibility index (Phi) is 5.60. The zero-order valence-corrected chi connectivity index (χ0v) is 13.0. The largest absolute Gasteiger partial charge is 0.478 e. The second kappa shape index (κ2) is 6.75. The lowest BCUT2D eigenvalue weighted by Crippen LogP contribution is -2.30. The molecule has 0 aliphatic carbocycles. The van der Waals surface area contributed by atoms with Crippen LogP contribution in [-0.4, -0.2) is 20.6 Å². The van der Waals surface area contributed by atoms with E-state index in [-0.39, 0.29) is 5.04 Å². The molecule has 0 bridgehead atoms. The molecule has 0 atom stereocenters. The van der Waals surface area contributed by atoms with Crippen LogP contribution in [0.15, 0.2) is 18.2 Å². The van der Waals surface area contributed by atoms with Crippen molar-refractivity contribution in [2.75, 3.05) is 5.73 Å². The van der Waals surface area contributed by atoms with E-state index < -0.39 is 5.97 Å². The monoisotopic (exact) mass is 277 g/mol. The van der Waals surface area contributed by atoms with Crippen LogP contribution < -0.4 is 10.9 Å². The van der Waals surface area contributed by atoms with Crippen LogP contribution in [0.2, 0.25) is 5.04 Å². The number of aromatic carboxylic acids is 1. The highest BCUT2D eigenvalue weighted by Gasteiger charge is 2.22. The van der Waals surface area contributed by atoms with Gasteiger partial charge in [0.15, 0.2) is 0 Å². The molecule has 1 rings (SSSR count). The highest BCUT2D eigenvalue weighted by molar-refractivity contribution is 6.58. The number of nitrogen functional groups attached to an aromatic ring is 1. The Morgan fingerprint density at radius 1 is 1.37 bits per heavy atom. The number of hydrogen-bond donors (Lipinski definition) is 2. The number of carboxylic acid groups (broad SMARTS) is 1. The molecule has 0 aliphatic heterocycles. The van der Waals surface area contributed by atoms with E-state index in [0.29, 0.717) is 20.8 Å². The number of hydrogen-bond acceptors (Lipinski definition) is 2. The summed E-state index contributed by atoms with van der Waals surface area (Å²) >= 11 is 0. The third kappa shape index (κ3) is 5.07. The van der Waals surface area contributed by atoms with Crippen LogP contribution in [0.3, 0.4) is 0 Å². The van der Waals surface area contributed by atoms with Gasteiger partial charge in [0, 0.05) is 5.69 Å². The van der Waals surface area contributed by atoms with Gasteiger partial charge in [-0.3, -0.25) is 0 Å². The number of anilines is 1. The maximum atomic E-state index is 11.2. The second-order valence-electron chi connectivity index (χ2n) is 5.58. The van der Waals surface area contributed by atoms with Gasteiger partial charge in [0.05, 0.1) is 15.1 Å². The van der Waals surface area contributed by atoms with E-state index in [1.54, 1.807) is 12.1 Å². The van der Waals surface area contributed by atoms with Crippen LogP contribution >= 0.6 is 0 Å². The first-order chi connectivity index (χ1) is 8.85. The maximum absolute atomic E-state index is 11.2. The molecule has 0 aromatic heterocycles. The lowest BCUT2D eigenvalue weighted by molar-refractivity contribution is 0.0698. The number of nitrogens with two attached hydrogens (primary N) is 1. The highest BCUT2D eigenvalue weighted by Crippen LogP contribution is 2.30. The molecular weight excluding hydrogens is 254 g/mol. The van der Waals surface area contributed by atoms with Crippen molar-refractivity contribution in [2.24, 2.45) is 0 Å². The number of unbranched alkanes of at least 4 members (excludes halogenated alkanes) is 2. The van der Waals surface area contributed by atoms with Crippen molar-refractivity contribution in [3.63, 3.8) is 0 Å². The smallest absolute Gasteiger partial charge is 0.335 e. The Bertz CT molecular complexity index is 444. The normalized spacial score (nSPS) is 11.5. The molecule has 2 radical (unpaired) electrons. The topological polar surface area (TPSA) is 63.3 Å².